The van der Waals surface area contributed by atoms with Crippen LogP contribution in [0.2, 0.25) is 0 Å². The van der Waals surface area contributed by atoms with E-state index < -0.39 is 5.60 Å². The van der Waals surface area contributed by atoms with E-state index in [1.54, 1.807) is 0 Å². The molecule has 2 saturated heterocycles. The van der Waals surface area contributed by atoms with Gasteiger partial charge in [-0.2, -0.15) is 0 Å². The Bertz CT molecular complexity index is 303. The number of ether oxygens (including phenoxy) is 1. The molecule has 1 atom stereocenters. The van der Waals surface area contributed by atoms with Gasteiger partial charge in [-0.15, -0.1) is 0 Å². The van der Waals surface area contributed by atoms with Gasteiger partial charge in [0.25, 0.3) is 0 Å². The van der Waals surface area contributed by atoms with Crippen LogP contribution in [0.25, 0.3) is 0 Å². The monoisotopic (exact) mass is 256 g/mol. The molecular weight excluding hydrogens is 232 g/mol. The minimum Gasteiger partial charge on any atom is -0.387 e. The molecule has 0 saturated carbocycles. The normalized spacial score (nSPS) is 30.1. The van der Waals surface area contributed by atoms with Crippen molar-refractivity contribution in [2.24, 2.45) is 5.92 Å². The molecule has 1 N–H and O–H groups in total. The Morgan fingerprint density at radius 3 is 2.72 bits per heavy atom. The first-order valence-corrected chi connectivity index (χ1v) is 6.74. The number of β-amino-alcohol motifs (C(OH)–C–C–N with tert-alkyl or cyclic N) is 1. The Balaban J connectivity index is 1.89. The lowest BCUT2D eigenvalue weighted by Gasteiger charge is -2.29. The van der Waals surface area contributed by atoms with E-state index in [0.29, 0.717) is 39.3 Å². The minimum atomic E-state index is -0.732. The molecule has 1 amide bonds. The van der Waals surface area contributed by atoms with Gasteiger partial charge < -0.3 is 19.6 Å². The zero-order valence-electron chi connectivity index (χ0n) is 11.4. The fraction of sp³-hybridized carbons (Fsp3) is 0.923. The summed E-state index contributed by atoms with van der Waals surface area (Å²) < 4.78 is 5.28. The molecule has 0 aromatic rings. The number of nitrogens with zero attached hydrogens (tertiary/aromatic N) is 2. The van der Waals surface area contributed by atoms with Crippen LogP contribution in [0.1, 0.15) is 19.3 Å². The number of rotatable bonds is 3. The molecule has 104 valence electrons. The Kier molecular flexibility index (Phi) is 4.25. The summed E-state index contributed by atoms with van der Waals surface area (Å²) in [6.07, 6.45) is 2.32. The summed E-state index contributed by atoms with van der Waals surface area (Å²) in [7, 11) is 3.89. The molecule has 0 unspecified atom stereocenters. The predicted octanol–water partition coefficient (Wildman–Crippen LogP) is -0.0620. The van der Waals surface area contributed by atoms with Crippen molar-refractivity contribution in [2.45, 2.75) is 24.9 Å². The van der Waals surface area contributed by atoms with Gasteiger partial charge in [0.2, 0.25) is 5.91 Å². The highest BCUT2D eigenvalue weighted by Crippen LogP contribution is 2.26. The van der Waals surface area contributed by atoms with Gasteiger partial charge in [0.1, 0.15) is 0 Å². The van der Waals surface area contributed by atoms with Crippen LogP contribution >= 0.6 is 0 Å². The molecular formula is C13H24N2O3. The van der Waals surface area contributed by atoms with E-state index in [2.05, 4.69) is 0 Å². The van der Waals surface area contributed by atoms with Crippen LogP contribution in [0.15, 0.2) is 0 Å². The third-order valence-electron chi connectivity index (χ3n) is 3.83. The molecule has 0 aliphatic carbocycles. The van der Waals surface area contributed by atoms with Crippen molar-refractivity contribution in [1.82, 2.24) is 9.80 Å². The molecule has 0 aromatic carbocycles. The van der Waals surface area contributed by atoms with Gasteiger partial charge in [0.05, 0.1) is 12.1 Å². The van der Waals surface area contributed by atoms with Crippen LogP contribution in [0.4, 0.5) is 0 Å². The summed E-state index contributed by atoms with van der Waals surface area (Å²) in [5.74, 6) is 0.299. The lowest BCUT2D eigenvalue weighted by Crippen LogP contribution is -2.45. The molecule has 0 bridgehead atoms. The summed E-state index contributed by atoms with van der Waals surface area (Å²) in [4.78, 5) is 16.1. The molecule has 5 heteroatoms. The summed E-state index contributed by atoms with van der Waals surface area (Å²) in [6, 6.07) is 0. The highest BCUT2D eigenvalue weighted by Gasteiger charge is 2.40. The van der Waals surface area contributed by atoms with Crippen molar-refractivity contribution in [1.29, 1.82) is 0 Å². The first-order valence-electron chi connectivity index (χ1n) is 6.74. The molecule has 5 nitrogen and oxygen atoms in total. The molecule has 2 heterocycles. The number of hydrogen-bond acceptors (Lipinski definition) is 4. The second kappa shape index (κ2) is 5.55. The molecule has 2 fully saturated rings. The summed E-state index contributed by atoms with van der Waals surface area (Å²) in [5.41, 5.74) is -0.732. The SMILES string of the molecule is CN(C)C[C@@]1(O)CCN(C(=O)C2CCOCC2)C1. The third-order valence-corrected chi connectivity index (χ3v) is 3.83. The van der Waals surface area contributed by atoms with Crippen LogP contribution in [0, 0.1) is 5.92 Å². The highest BCUT2D eigenvalue weighted by molar-refractivity contribution is 5.79. The van der Waals surface area contributed by atoms with Crippen LogP contribution in [-0.2, 0) is 9.53 Å². The third kappa shape index (κ3) is 3.22. The summed E-state index contributed by atoms with van der Waals surface area (Å²) in [6.45, 7) is 3.14. The Hall–Kier alpha value is -0.650. The van der Waals surface area contributed by atoms with Gasteiger partial charge in [-0.1, -0.05) is 0 Å². The van der Waals surface area contributed by atoms with Crippen LogP contribution in [0.5, 0.6) is 0 Å². The number of aliphatic hydroxyl groups is 1. The Labute approximate surface area is 109 Å². The predicted molar refractivity (Wildman–Crippen MR) is 68.2 cm³/mol. The average Bonchev–Trinajstić information content (AvgIpc) is 2.70. The maximum atomic E-state index is 12.3. The first-order chi connectivity index (χ1) is 8.50. The fourth-order valence-electron chi connectivity index (χ4n) is 2.96. The van der Waals surface area contributed by atoms with E-state index in [4.69, 9.17) is 4.74 Å². The number of amides is 1. The fourth-order valence-corrected chi connectivity index (χ4v) is 2.96. The van der Waals surface area contributed by atoms with Crippen molar-refractivity contribution in [2.75, 3.05) is 46.9 Å². The van der Waals surface area contributed by atoms with E-state index in [0.717, 1.165) is 12.8 Å². The van der Waals surface area contributed by atoms with Crippen molar-refractivity contribution in [3.05, 3.63) is 0 Å². The molecule has 2 rings (SSSR count). The van der Waals surface area contributed by atoms with Crippen molar-refractivity contribution < 1.29 is 14.6 Å². The number of carbonyl (C=O) groups excluding carboxylic acids is 1. The number of likely N-dealkylation sites (tertiary alicyclic amines) is 1. The molecule has 2 aliphatic heterocycles. The zero-order valence-corrected chi connectivity index (χ0v) is 11.4. The zero-order chi connectivity index (χ0) is 13.2. The van der Waals surface area contributed by atoms with E-state index in [9.17, 15) is 9.90 Å². The van der Waals surface area contributed by atoms with Crippen molar-refractivity contribution in [3.8, 4) is 0 Å². The molecule has 2 aliphatic rings. The largest absolute Gasteiger partial charge is 0.387 e. The lowest BCUT2D eigenvalue weighted by atomic mass is 9.98. The Morgan fingerprint density at radius 2 is 2.11 bits per heavy atom. The maximum absolute atomic E-state index is 12.3. The number of hydrogen-bond donors (Lipinski definition) is 1. The van der Waals surface area contributed by atoms with Gasteiger partial charge in [0, 0.05) is 32.2 Å². The van der Waals surface area contributed by atoms with Crippen molar-refractivity contribution in [3.63, 3.8) is 0 Å². The molecule has 18 heavy (non-hydrogen) atoms. The van der Waals surface area contributed by atoms with E-state index in [-0.39, 0.29) is 11.8 Å². The Morgan fingerprint density at radius 1 is 1.44 bits per heavy atom. The summed E-state index contributed by atoms with van der Waals surface area (Å²) >= 11 is 0. The number of carbonyl (C=O) groups is 1. The van der Waals surface area contributed by atoms with Gasteiger partial charge in [-0.05, 0) is 33.4 Å². The second-order valence-corrected chi connectivity index (χ2v) is 5.86. The smallest absolute Gasteiger partial charge is 0.225 e. The van der Waals surface area contributed by atoms with Crippen molar-refractivity contribution >= 4 is 5.91 Å². The van der Waals surface area contributed by atoms with Gasteiger partial charge >= 0.3 is 0 Å². The maximum Gasteiger partial charge on any atom is 0.225 e. The van der Waals surface area contributed by atoms with Gasteiger partial charge in [-0.25, -0.2) is 0 Å². The van der Waals surface area contributed by atoms with E-state index >= 15 is 0 Å². The highest BCUT2D eigenvalue weighted by atomic mass is 16.5. The number of likely N-dealkylation sites (N-methyl/N-ethyl adjacent to an activating group) is 1. The quantitative estimate of drug-likeness (QED) is 0.768. The van der Waals surface area contributed by atoms with Gasteiger partial charge in [0.15, 0.2) is 0 Å². The molecule has 0 radical (unpaired) electrons. The van der Waals surface area contributed by atoms with Crippen LogP contribution < -0.4 is 0 Å². The molecule has 0 spiro atoms. The van der Waals surface area contributed by atoms with E-state index in [1.165, 1.54) is 0 Å². The molecule has 0 aromatic heterocycles. The van der Waals surface area contributed by atoms with E-state index in [1.807, 2.05) is 23.9 Å². The summed E-state index contributed by atoms with van der Waals surface area (Å²) in [5, 5.41) is 10.4. The van der Waals surface area contributed by atoms with Crippen LogP contribution in [0.3, 0.4) is 0 Å². The topological polar surface area (TPSA) is 53.0 Å². The average molecular weight is 256 g/mol. The second-order valence-electron chi connectivity index (χ2n) is 5.86. The standard InChI is InChI=1S/C13H24N2O3/c1-14(2)9-13(17)5-6-15(10-13)12(16)11-3-7-18-8-4-11/h11,17H,3-10H2,1-2H3/t13-/m0/s1. The first kappa shape index (κ1) is 13.8. The minimum absolute atomic E-state index is 0.0976. The lowest BCUT2D eigenvalue weighted by molar-refractivity contribution is -0.138. The van der Waals surface area contributed by atoms with Gasteiger partial charge in [-0.3, -0.25) is 4.79 Å². The van der Waals surface area contributed by atoms with Crippen LogP contribution in [-0.4, -0.2) is 73.4 Å².